The Morgan fingerprint density at radius 3 is 2.35 bits per heavy atom. The molecule has 0 unspecified atom stereocenters. The number of aromatic nitrogens is 1. The molecule has 3 aromatic rings. The Labute approximate surface area is 144 Å². The summed E-state index contributed by atoms with van der Waals surface area (Å²) in [5.74, 6) is 0.572. The number of halogens is 2. The fourth-order valence-electron chi connectivity index (χ4n) is 2.41. The van der Waals surface area contributed by atoms with Gasteiger partial charge >= 0.3 is 0 Å². The second-order valence-electron chi connectivity index (χ2n) is 5.01. The lowest BCUT2D eigenvalue weighted by atomic mass is 10.3. The fourth-order valence-corrected chi connectivity index (χ4v) is 2.88. The smallest absolute Gasteiger partial charge is 0.138 e. The van der Waals surface area contributed by atoms with Crippen LogP contribution in [0.5, 0.6) is 5.75 Å². The molecule has 0 amide bonds. The van der Waals surface area contributed by atoms with Crippen molar-refractivity contribution in [1.82, 2.24) is 4.57 Å². The Hall–Kier alpha value is -1.94. The summed E-state index contributed by atoms with van der Waals surface area (Å²) in [7, 11) is 0. The minimum atomic E-state index is -0.0450. The Kier molecular flexibility index (Phi) is 4.91. The zero-order chi connectivity index (χ0) is 16.2. The first-order valence-corrected chi connectivity index (χ1v) is 7.88. The van der Waals surface area contributed by atoms with Crippen LogP contribution in [-0.4, -0.2) is 9.67 Å². The molecule has 0 atom stereocenters. The van der Waals surface area contributed by atoms with Gasteiger partial charge in [-0.15, -0.1) is 0 Å². The molecule has 0 spiro atoms. The van der Waals surface area contributed by atoms with Crippen molar-refractivity contribution in [2.24, 2.45) is 0 Å². The molecule has 0 radical (unpaired) electrons. The first kappa shape index (κ1) is 15.9. The van der Waals surface area contributed by atoms with Gasteiger partial charge in [-0.1, -0.05) is 41.4 Å². The highest BCUT2D eigenvalue weighted by atomic mass is 35.5. The van der Waals surface area contributed by atoms with Gasteiger partial charge in [-0.3, -0.25) is 0 Å². The van der Waals surface area contributed by atoms with Gasteiger partial charge in [-0.2, -0.15) is 0 Å². The molecule has 0 saturated carbocycles. The van der Waals surface area contributed by atoms with E-state index >= 15 is 0 Å². The number of hydrogen-bond donors (Lipinski definition) is 1. The van der Waals surface area contributed by atoms with Gasteiger partial charge in [-0.05, 0) is 42.5 Å². The third-order valence-electron chi connectivity index (χ3n) is 3.49. The van der Waals surface area contributed by atoms with Crippen LogP contribution in [0.2, 0.25) is 10.0 Å². The van der Waals surface area contributed by atoms with Crippen LogP contribution in [0.25, 0.3) is 5.69 Å². The normalized spacial score (nSPS) is 10.7. The van der Waals surface area contributed by atoms with Gasteiger partial charge in [0.1, 0.15) is 12.4 Å². The van der Waals surface area contributed by atoms with Crippen LogP contribution < -0.4 is 4.74 Å². The van der Waals surface area contributed by atoms with Crippen molar-refractivity contribution in [2.75, 3.05) is 0 Å². The zero-order valence-corrected chi connectivity index (χ0v) is 13.8. The third kappa shape index (κ3) is 3.53. The molecular formula is C18H15Cl2NO2. The van der Waals surface area contributed by atoms with E-state index in [9.17, 15) is 5.11 Å². The molecule has 5 heteroatoms. The Morgan fingerprint density at radius 1 is 0.913 bits per heavy atom. The van der Waals surface area contributed by atoms with Crippen molar-refractivity contribution >= 4 is 23.2 Å². The van der Waals surface area contributed by atoms with Gasteiger partial charge in [0.15, 0.2) is 0 Å². The summed E-state index contributed by atoms with van der Waals surface area (Å²) in [5.41, 5.74) is 2.70. The number of rotatable bonds is 5. The van der Waals surface area contributed by atoms with Crippen molar-refractivity contribution in [3.05, 3.63) is 82.1 Å². The quantitative estimate of drug-likeness (QED) is 0.715. The van der Waals surface area contributed by atoms with Crippen LogP contribution in [0.3, 0.4) is 0 Å². The lowest BCUT2D eigenvalue weighted by molar-refractivity contribution is 0.270. The highest BCUT2D eigenvalue weighted by Gasteiger charge is 2.11. The van der Waals surface area contributed by atoms with E-state index in [-0.39, 0.29) is 6.61 Å². The Bertz CT molecular complexity index is 800. The van der Waals surface area contributed by atoms with E-state index in [1.165, 1.54) is 0 Å². The van der Waals surface area contributed by atoms with Crippen LogP contribution >= 0.6 is 23.2 Å². The van der Waals surface area contributed by atoms with Crippen LogP contribution in [0.4, 0.5) is 0 Å². The molecule has 23 heavy (non-hydrogen) atoms. The number of aliphatic hydroxyl groups is 1. The van der Waals surface area contributed by atoms with E-state index in [0.29, 0.717) is 22.4 Å². The number of aliphatic hydroxyl groups excluding tert-OH is 1. The summed E-state index contributed by atoms with van der Waals surface area (Å²) < 4.78 is 7.78. The molecule has 0 aliphatic rings. The second kappa shape index (κ2) is 7.09. The standard InChI is InChI=1S/C18H15Cl2NO2/c19-13-6-9-18(17(20)10-13)23-12-16-8-7-15(11-22)21(16)14-4-2-1-3-5-14/h1-10,22H,11-12H2. The van der Waals surface area contributed by atoms with Crippen LogP contribution in [0.15, 0.2) is 60.7 Å². The minimum absolute atomic E-state index is 0.0450. The van der Waals surface area contributed by atoms with Gasteiger partial charge in [0, 0.05) is 16.4 Å². The lowest BCUT2D eigenvalue weighted by Gasteiger charge is -2.14. The van der Waals surface area contributed by atoms with E-state index in [2.05, 4.69) is 0 Å². The van der Waals surface area contributed by atoms with Crippen LogP contribution in [0, 0.1) is 0 Å². The molecule has 1 aromatic heterocycles. The first-order valence-electron chi connectivity index (χ1n) is 7.12. The Morgan fingerprint density at radius 2 is 1.65 bits per heavy atom. The maximum absolute atomic E-state index is 9.56. The minimum Gasteiger partial charge on any atom is -0.486 e. The lowest BCUT2D eigenvalue weighted by Crippen LogP contribution is -2.07. The van der Waals surface area contributed by atoms with Gasteiger partial charge in [-0.25, -0.2) is 0 Å². The summed E-state index contributed by atoms with van der Waals surface area (Å²) in [4.78, 5) is 0. The molecular weight excluding hydrogens is 333 g/mol. The maximum Gasteiger partial charge on any atom is 0.138 e. The summed E-state index contributed by atoms with van der Waals surface area (Å²) >= 11 is 12.0. The van der Waals surface area contributed by atoms with Gasteiger partial charge in [0.05, 0.1) is 17.3 Å². The van der Waals surface area contributed by atoms with Gasteiger partial charge in [0.2, 0.25) is 0 Å². The SMILES string of the molecule is OCc1ccc(COc2ccc(Cl)cc2Cl)n1-c1ccccc1. The monoisotopic (exact) mass is 347 g/mol. The highest BCUT2D eigenvalue weighted by Crippen LogP contribution is 2.28. The van der Waals surface area contributed by atoms with Crippen LogP contribution in [0.1, 0.15) is 11.4 Å². The van der Waals surface area contributed by atoms with E-state index in [1.54, 1.807) is 18.2 Å². The van der Waals surface area contributed by atoms with Crippen molar-refractivity contribution in [3.8, 4) is 11.4 Å². The molecule has 0 aliphatic carbocycles. The summed E-state index contributed by atoms with van der Waals surface area (Å²) in [6.07, 6.45) is 0. The molecule has 118 valence electrons. The number of benzene rings is 2. The van der Waals surface area contributed by atoms with E-state index in [0.717, 1.165) is 17.1 Å². The average molecular weight is 348 g/mol. The summed E-state index contributed by atoms with van der Waals surface area (Å²) in [5, 5.41) is 10.6. The van der Waals surface area contributed by atoms with Crippen LogP contribution in [-0.2, 0) is 13.2 Å². The van der Waals surface area contributed by atoms with E-state index in [4.69, 9.17) is 27.9 Å². The molecule has 0 bridgehead atoms. The summed E-state index contributed by atoms with van der Waals surface area (Å²) in [6.45, 7) is 0.285. The molecule has 0 fully saturated rings. The number of ether oxygens (including phenoxy) is 1. The molecule has 2 aromatic carbocycles. The molecule has 0 saturated heterocycles. The molecule has 1 N–H and O–H groups in total. The predicted molar refractivity (Wildman–Crippen MR) is 92.5 cm³/mol. The van der Waals surface area contributed by atoms with Crippen molar-refractivity contribution in [2.45, 2.75) is 13.2 Å². The highest BCUT2D eigenvalue weighted by molar-refractivity contribution is 6.35. The summed E-state index contributed by atoms with van der Waals surface area (Å²) in [6, 6.07) is 18.8. The molecule has 3 rings (SSSR count). The molecule has 0 aliphatic heterocycles. The second-order valence-corrected chi connectivity index (χ2v) is 5.85. The van der Waals surface area contributed by atoms with Crippen molar-refractivity contribution in [1.29, 1.82) is 0 Å². The number of para-hydroxylation sites is 1. The molecule has 1 heterocycles. The molecule has 3 nitrogen and oxygen atoms in total. The third-order valence-corrected chi connectivity index (χ3v) is 4.02. The number of hydrogen-bond acceptors (Lipinski definition) is 2. The largest absolute Gasteiger partial charge is 0.486 e. The zero-order valence-electron chi connectivity index (χ0n) is 12.2. The van der Waals surface area contributed by atoms with E-state index < -0.39 is 0 Å². The average Bonchev–Trinajstić information content (AvgIpc) is 2.98. The number of nitrogens with zero attached hydrogens (tertiary/aromatic N) is 1. The van der Waals surface area contributed by atoms with E-state index in [1.807, 2.05) is 47.0 Å². The maximum atomic E-state index is 9.56. The van der Waals surface area contributed by atoms with Gasteiger partial charge < -0.3 is 14.4 Å². The Balaban J connectivity index is 1.87. The van der Waals surface area contributed by atoms with Crippen molar-refractivity contribution in [3.63, 3.8) is 0 Å². The first-order chi connectivity index (χ1) is 11.2. The topological polar surface area (TPSA) is 34.4 Å². The fraction of sp³-hybridized carbons (Fsp3) is 0.111. The predicted octanol–water partition coefficient (Wildman–Crippen LogP) is 4.86. The van der Waals surface area contributed by atoms with Gasteiger partial charge in [0.25, 0.3) is 0 Å². The van der Waals surface area contributed by atoms with Crippen molar-refractivity contribution < 1.29 is 9.84 Å².